The van der Waals surface area contributed by atoms with E-state index in [0.29, 0.717) is 0 Å². The second-order valence-electron chi connectivity index (χ2n) is 14.4. The molecule has 0 spiro atoms. The Labute approximate surface area is 320 Å². The Morgan fingerprint density at radius 2 is 0.800 bits per heavy atom. The maximum absolute atomic E-state index is 6.34. The summed E-state index contributed by atoms with van der Waals surface area (Å²) in [6.07, 6.45) is 0. The molecule has 1 heterocycles. The zero-order valence-corrected chi connectivity index (χ0v) is 30.1. The lowest BCUT2D eigenvalue weighted by Crippen LogP contribution is -2.28. The maximum atomic E-state index is 6.34. The van der Waals surface area contributed by atoms with Gasteiger partial charge in [0.25, 0.3) is 0 Å². The predicted molar refractivity (Wildman–Crippen MR) is 229 cm³/mol. The molecule has 1 aliphatic carbocycles. The van der Waals surface area contributed by atoms with Crippen LogP contribution in [-0.2, 0) is 5.41 Å². The van der Waals surface area contributed by atoms with E-state index in [0.717, 1.165) is 28.2 Å². The Morgan fingerprint density at radius 3 is 1.40 bits per heavy atom. The third-order valence-corrected chi connectivity index (χ3v) is 11.6. The van der Waals surface area contributed by atoms with Gasteiger partial charge >= 0.3 is 0 Å². The third kappa shape index (κ3) is 4.82. The van der Waals surface area contributed by atoms with Gasteiger partial charge < -0.3 is 9.32 Å². The highest BCUT2D eigenvalue weighted by Crippen LogP contribution is 2.56. The van der Waals surface area contributed by atoms with Gasteiger partial charge in [0.2, 0.25) is 0 Å². The van der Waals surface area contributed by atoms with Crippen molar-refractivity contribution in [1.29, 1.82) is 0 Å². The van der Waals surface area contributed by atoms with Gasteiger partial charge in [-0.15, -0.1) is 0 Å². The number of anilines is 3. The minimum atomic E-state index is -0.445. The molecule has 2 heteroatoms. The summed E-state index contributed by atoms with van der Waals surface area (Å²) >= 11 is 0. The van der Waals surface area contributed by atoms with Crippen LogP contribution in [0, 0.1) is 0 Å². The normalized spacial score (nSPS) is 12.9. The monoisotopic (exact) mass is 701 g/mol. The Bertz CT molecular complexity index is 2930. The van der Waals surface area contributed by atoms with Gasteiger partial charge in [0, 0.05) is 27.5 Å². The molecule has 0 fully saturated rings. The van der Waals surface area contributed by atoms with Crippen LogP contribution in [0.3, 0.4) is 0 Å². The molecule has 0 atom stereocenters. The molecular weight excluding hydrogens is 667 g/mol. The van der Waals surface area contributed by atoms with E-state index in [1.54, 1.807) is 0 Å². The minimum absolute atomic E-state index is 0.445. The van der Waals surface area contributed by atoms with Gasteiger partial charge in [-0.2, -0.15) is 0 Å². The van der Waals surface area contributed by atoms with Crippen LogP contribution in [0.1, 0.15) is 22.3 Å². The summed E-state index contributed by atoms with van der Waals surface area (Å²) in [6, 6.07) is 76.9. The SMILES string of the molecule is c1ccc(-c2ccc(N(c3ccc(-c4ccc(C5(c6ccccc6)c6cccc7oc8cccc5c8c67)cc4)cc3)c3cccc4ccccc34)cc2)cc1. The molecule has 0 radical (unpaired) electrons. The highest BCUT2D eigenvalue weighted by atomic mass is 16.3. The molecule has 9 aromatic carbocycles. The summed E-state index contributed by atoms with van der Waals surface area (Å²) < 4.78 is 6.34. The van der Waals surface area contributed by atoms with Crippen molar-refractivity contribution in [2.24, 2.45) is 0 Å². The molecule has 1 aliphatic rings. The van der Waals surface area contributed by atoms with Gasteiger partial charge in [-0.1, -0.05) is 170 Å². The van der Waals surface area contributed by atoms with Crippen molar-refractivity contribution in [3.63, 3.8) is 0 Å². The van der Waals surface area contributed by atoms with Crippen molar-refractivity contribution < 1.29 is 4.42 Å². The summed E-state index contributed by atoms with van der Waals surface area (Å²) in [6.45, 7) is 0. The van der Waals surface area contributed by atoms with Crippen molar-refractivity contribution in [3.8, 4) is 22.3 Å². The maximum Gasteiger partial charge on any atom is 0.135 e. The fraction of sp³-hybridized carbons (Fsp3) is 0.0189. The van der Waals surface area contributed by atoms with Crippen LogP contribution in [0.2, 0.25) is 0 Å². The van der Waals surface area contributed by atoms with Crippen LogP contribution in [0.25, 0.3) is 55.0 Å². The number of fused-ring (bicyclic) bond motifs is 1. The van der Waals surface area contributed by atoms with Gasteiger partial charge in [0.05, 0.1) is 11.1 Å². The van der Waals surface area contributed by atoms with Crippen molar-refractivity contribution in [1.82, 2.24) is 0 Å². The summed E-state index contributed by atoms with van der Waals surface area (Å²) in [4.78, 5) is 2.37. The number of hydrogen-bond donors (Lipinski definition) is 0. The molecule has 258 valence electrons. The van der Waals surface area contributed by atoms with Crippen LogP contribution < -0.4 is 4.90 Å². The van der Waals surface area contributed by atoms with Gasteiger partial charge in [-0.3, -0.25) is 0 Å². The molecule has 0 N–H and O–H groups in total. The van der Waals surface area contributed by atoms with E-state index in [4.69, 9.17) is 4.42 Å². The van der Waals surface area contributed by atoms with Crippen molar-refractivity contribution in [2.75, 3.05) is 4.90 Å². The van der Waals surface area contributed by atoms with Gasteiger partial charge in [-0.05, 0) is 92.4 Å². The van der Waals surface area contributed by atoms with E-state index in [1.807, 2.05) is 0 Å². The summed E-state index contributed by atoms with van der Waals surface area (Å²) in [7, 11) is 0. The first kappa shape index (κ1) is 31.4. The van der Waals surface area contributed by atoms with Crippen LogP contribution in [0.15, 0.2) is 217 Å². The van der Waals surface area contributed by atoms with Crippen LogP contribution >= 0.6 is 0 Å². The topological polar surface area (TPSA) is 16.4 Å². The molecular formula is C53H35NO. The van der Waals surface area contributed by atoms with Crippen molar-refractivity contribution in [2.45, 2.75) is 5.41 Å². The Balaban J connectivity index is 0.995. The molecule has 55 heavy (non-hydrogen) atoms. The summed E-state index contributed by atoms with van der Waals surface area (Å²) in [5.41, 5.74) is 14.6. The summed E-state index contributed by atoms with van der Waals surface area (Å²) in [5, 5.41) is 4.88. The first-order valence-electron chi connectivity index (χ1n) is 18.9. The molecule has 0 bridgehead atoms. The Hall–Kier alpha value is -7.16. The number of rotatable bonds is 7. The summed E-state index contributed by atoms with van der Waals surface area (Å²) in [5.74, 6) is 0. The zero-order chi connectivity index (χ0) is 36.3. The smallest absolute Gasteiger partial charge is 0.135 e. The second kappa shape index (κ2) is 12.5. The van der Waals surface area contributed by atoms with Gasteiger partial charge in [0.15, 0.2) is 0 Å². The first-order chi connectivity index (χ1) is 27.3. The minimum Gasteiger partial charge on any atom is -0.456 e. The van der Waals surface area contributed by atoms with Crippen LogP contribution in [0.5, 0.6) is 0 Å². The number of nitrogens with zero attached hydrogens (tertiary/aromatic N) is 1. The lowest BCUT2D eigenvalue weighted by atomic mass is 9.67. The highest BCUT2D eigenvalue weighted by Gasteiger charge is 2.46. The lowest BCUT2D eigenvalue weighted by Gasteiger charge is -2.34. The number of benzene rings is 9. The average Bonchev–Trinajstić information content (AvgIpc) is 3.81. The Kier molecular flexibility index (Phi) is 7.11. The van der Waals surface area contributed by atoms with Gasteiger partial charge in [0.1, 0.15) is 11.2 Å². The highest BCUT2D eigenvalue weighted by molar-refractivity contribution is 6.14. The predicted octanol–water partition coefficient (Wildman–Crippen LogP) is 14.2. The molecule has 0 unspecified atom stereocenters. The van der Waals surface area contributed by atoms with Gasteiger partial charge in [-0.25, -0.2) is 0 Å². The van der Waals surface area contributed by atoms with Crippen LogP contribution in [0.4, 0.5) is 17.1 Å². The van der Waals surface area contributed by atoms with E-state index in [9.17, 15) is 0 Å². The van der Waals surface area contributed by atoms with Crippen molar-refractivity contribution in [3.05, 3.63) is 235 Å². The molecule has 11 rings (SSSR count). The van der Waals surface area contributed by atoms with Crippen LogP contribution in [-0.4, -0.2) is 0 Å². The molecule has 0 saturated carbocycles. The largest absolute Gasteiger partial charge is 0.456 e. The number of hydrogen-bond acceptors (Lipinski definition) is 2. The molecule has 10 aromatic rings. The molecule has 0 amide bonds. The van der Waals surface area contributed by atoms with E-state index in [-0.39, 0.29) is 0 Å². The molecule has 0 aliphatic heterocycles. The fourth-order valence-electron chi connectivity index (χ4n) is 9.09. The standard InChI is InChI=1S/C53H35NO/c1-3-12-36(13-4-1)38-26-32-43(33-27-38)54(48-21-9-15-40-14-7-8-18-45(40)48)44-34-28-39(29-35-44)37-24-30-42(31-25-37)53(41-16-5-2-6-17-41)46-19-10-22-49-51(46)52-47(53)20-11-23-50(52)55-49/h1-35H. The first-order valence-corrected chi connectivity index (χ1v) is 18.9. The molecule has 1 aromatic heterocycles. The van der Waals surface area contributed by atoms with E-state index in [2.05, 4.69) is 217 Å². The van der Waals surface area contributed by atoms with Crippen molar-refractivity contribution >= 4 is 49.8 Å². The Morgan fingerprint density at radius 1 is 0.345 bits per heavy atom. The van der Waals surface area contributed by atoms with E-state index >= 15 is 0 Å². The fourth-order valence-corrected chi connectivity index (χ4v) is 9.09. The quantitative estimate of drug-likeness (QED) is 0.164. The molecule has 2 nitrogen and oxygen atoms in total. The lowest BCUT2D eigenvalue weighted by molar-refractivity contribution is 0.663. The number of furan rings is 1. The molecule has 0 saturated heterocycles. The third-order valence-electron chi connectivity index (χ3n) is 11.6. The average molecular weight is 702 g/mol. The van der Waals surface area contributed by atoms with E-state index < -0.39 is 5.41 Å². The van der Waals surface area contributed by atoms with E-state index in [1.165, 1.54) is 66.1 Å². The zero-order valence-electron chi connectivity index (χ0n) is 30.1. The second-order valence-corrected chi connectivity index (χ2v) is 14.4.